The first-order valence-corrected chi connectivity index (χ1v) is 12.4. The molecule has 0 spiro atoms. The topological polar surface area (TPSA) is 146 Å². The molecule has 1 aliphatic heterocycles. The van der Waals surface area contributed by atoms with Gasteiger partial charge in [0.1, 0.15) is 12.6 Å². The Bertz CT molecular complexity index is 1400. The van der Waals surface area contributed by atoms with Crippen LogP contribution in [0.3, 0.4) is 0 Å². The Kier molecular flexibility index (Phi) is 6.76. The van der Waals surface area contributed by atoms with Crippen LogP contribution in [0.15, 0.2) is 59.4 Å². The number of aryl methyl sites for hydroxylation is 1. The van der Waals surface area contributed by atoms with Crippen molar-refractivity contribution in [1.82, 2.24) is 35.0 Å². The highest BCUT2D eigenvalue weighted by molar-refractivity contribution is 8.02. The molecule has 0 radical (unpaired) electrons. The Morgan fingerprint density at radius 3 is 2.94 bits per heavy atom. The summed E-state index contributed by atoms with van der Waals surface area (Å²) in [5.41, 5.74) is 9.90. The number of nitrogens with two attached hydrogens (primary N) is 1. The Hall–Kier alpha value is -4.06. The molecule has 4 heterocycles. The summed E-state index contributed by atoms with van der Waals surface area (Å²) in [4.78, 5) is 25.0. The van der Waals surface area contributed by atoms with Crippen LogP contribution in [0.5, 0.6) is 0 Å². The number of ether oxygens (including phenoxy) is 2. The van der Waals surface area contributed by atoms with Gasteiger partial charge in [0, 0.05) is 36.3 Å². The lowest BCUT2D eigenvalue weighted by Crippen LogP contribution is -2.29. The van der Waals surface area contributed by atoms with Crippen LogP contribution in [0.4, 0.5) is 5.82 Å². The van der Waals surface area contributed by atoms with Crippen LogP contribution in [0.25, 0.3) is 22.4 Å². The average molecular weight is 507 g/mol. The average Bonchev–Trinajstić information content (AvgIpc) is 3.63. The molecule has 4 N–H and O–H groups in total. The van der Waals surface area contributed by atoms with E-state index in [0.717, 1.165) is 16.8 Å². The van der Waals surface area contributed by atoms with Crippen molar-refractivity contribution < 1.29 is 14.3 Å². The molecule has 1 unspecified atom stereocenters. The van der Waals surface area contributed by atoms with Crippen molar-refractivity contribution in [3.8, 4) is 11.3 Å². The van der Waals surface area contributed by atoms with Gasteiger partial charge in [-0.15, -0.1) is 0 Å². The molecule has 0 fully saturated rings. The maximum atomic E-state index is 11.9. The summed E-state index contributed by atoms with van der Waals surface area (Å²) >= 11 is 1.32. The lowest BCUT2D eigenvalue weighted by molar-refractivity contribution is -0.123. The summed E-state index contributed by atoms with van der Waals surface area (Å²) in [5, 5.41) is 11.2. The summed E-state index contributed by atoms with van der Waals surface area (Å²) in [6, 6.07) is 9.73. The molecule has 4 aromatic rings. The Labute approximate surface area is 211 Å². The van der Waals surface area contributed by atoms with Crippen LogP contribution in [0.1, 0.15) is 32.1 Å². The van der Waals surface area contributed by atoms with Crippen molar-refractivity contribution in [3.05, 3.63) is 59.8 Å². The van der Waals surface area contributed by atoms with Crippen molar-refractivity contribution in [2.75, 3.05) is 12.3 Å². The number of nitrogens with zero attached hydrogens (tertiary/aromatic N) is 5. The molecular weight excluding hydrogens is 480 g/mol. The van der Waals surface area contributed by atoms with Gasteiger partial charge in [-0.2, -0.15) is 5.10 Å². The molecule has 1 atom stereocenters. The third kappa shape index (κ3) is 4.85. The number of amides is 1. The molecule has 1 aromatic carbocycles. The van der Waals surface area contributed by atoms with Crippen molar-refractivity contribution in [1.29, 1.82) is 0 Å². The molecule has 3 aromatic heterocycles. The molecule has 0 bridgehead atoms. The predicted molar refractivity (Wildman–Crippen MR) is 135 cm³/mol. The molecule has 5 rings (SSSR count). The second kappa shape index (κ2) is 10.3. The zero-order valence-corrected chi connectivity index (χ0v) is 20.7. The maximum absolute atomic E-state index is 11.9. The van der Waals surface area contributed by atoms with Gasteiger partial charge in [-0.25, -0.2) is 15.0 Å². The van der Waals surface area contributed by atoms with E-state index >= 15 is 0 Å². The van der Waals surface area contributed by atoms with E-state index < -0.39 is 6.29 Å². The van der Waals surface area contributed by atoms with Gasteiger partial charge in [-0.05, 0) is 24.2 Å². The molecule has 12 heteroatoms. The first-order valence-electron chi connectivity index (χ1n) is 11.5. The molecule has 0 saturated carbocycles. The van der Waals surface area contributed by atoms with Gasteiger partial charge in [0.25, 0.3) is 6.29 Å². The lowest BCUT2D eigenvalue weighted by atomic mass is 10.0. The molecule has 0 aliphatic carbocycles. The minimum Gasteiger partial charge on any atom is -0.454 e. The number of hydrogen-bond donors (Lipinski definition) is 3. The van der Waals surface area contributed by atoms with Crippen LogP contribution in [-0.2, 0) is 20.8 Å². The molecule has 11 nitrogen and oxygen atoms in total. The quantitative estimate of drug-likeness (QED) is 0.290. The third-order valence-electron chi connectivity index (χ3n) is 5.62. The number of anilines is 1. The summed E-state index contributed by atoms with van der Waals surface area (Å²) < 4.78 is 14.0. The van der Waals surface area contributed by atoms with E-state index in [-0.39, 0.29) is 11.8 Å². The number of benzene rings is 1. The summed E-state index contributed by atoms with van der Waals surface area (Å²) in [7, 11) is 0. The van der Waals surface area contributed by atoms with E-state index in [0.29, 0.717) is 46.7 Å². The Morgan fingerprint density at radius 1 is 1.28 bits per heavy atom. The molecule has 186 valence electrons. The second-order valence-electron chi connectivity index (χ2n) is 8.46. The maximum Gasteiger partial charge on any atom is 0.268 e. The highest BCUT2D eigenvalue weighted by atomic mass is 32.2. The molecular formula is C24H26N8O3S. The highest BCUT2D eigenvalue weighted by Crippen LogP contribution is 2.40. The summed E-state index contributed by atoms with van der Waals surface area (Å²) in [5.74, 6) is 0.267. The molecule has 36 heavy (non-hydrogen) atoms. The van der Waals surface area contributed by atoms with E-state index in [1.807, 2.05) is 48.7 Å². The number of nitrogens with one attached hydrogen (secondary N) is 2. The lowest BCUT2D eigenvalue weighted by Gasteiger charge is -2.15. The number of carbonyl (C=O) groups is 1. The van der Waals surface area contributed by atoms with Gasteiger partial charge in [-0.3, -0.25) is 9.89 Å². The van der Waals surface area contributed by atoms with Gasteiger partial charge in [0.05, 0.1) is 5.69 Å². The first-order chi connectivity index (χ1) is 17.5. The van der Waals surface area contributed by atoms with Gasteiger partial charge in [-0.1, -0.05) is 38.1 Å². The fourth-order valence-corrected chi connectivity index (χ4v) is 4.62. The van der Waals surface area contributed by atoms with Crippen molar-refractivity contribution in [3.63, 3.8) is 0 Å². The van der Waals surface area contributed by atoms with E-state index in [1.54, 1.807) is 12.5 Å². The van der Waals surface area contributed by atoms with E-state index in [4.69, 9.17) is 15.2 Å². The van der Waals surface area contributed by atoms with Gasteiger partial charge in [0.2, 0.25) is 11.0 Å². The standard InChI is InChI=1S/C24H26N8O3S/c1-14(2)22(33)26-9-5-11-32-21-19(20(25)27-13-28-21)30-24(32)36-18-12-34-23(35-18)16-7-4-3-6-15(16)17-8-10-29-31-17/h3-4,6-8,10,12-14,23H,5,9,11H2,1-2H3,(H,26,33)(H,29,31)(H2,25,27,28). The fraction of sp³-hybridized carbons (Fsp3) is 0.292. The van der Waals surface area contributed by atoms with Gasteiger partial charge in [0.15, 0.2) is 22.1 Å². The number of thioether (sulfide) groups is 1. The Morgan fingerprint density at radius 2 is 2.14 bits per heavy atom. The summed E-state index contributed by atoms with van der Waals surface area (Å²) in [6.07, 6.45) is 4.79. The Balaban J connectivity index is 1.33. The van der Waals surface area contributed by atoms with Crippen LogP contribution >= 0.6 is 11.8 Å². The number of nitrogen functional groups attached to an aromatic ring is 1. The predicted octanol–water partition coefficient (Wildman–Crippen LogP) is 3.60. The normalized spacial score (nSPS) is 15.1. The van der Waals surface area contributed by atoms with Gasteiger partial charge >= 0.3 is 0 Å². The minimum absolute atomic E-state index is 0.0229. The van der Waals surface area contributed by atoms with Crippen molar-refractivity contribution in [2.24, 2.45) is 5.92 Å². The summed E-state index contributed by atoms with van der Waals surface area (Å²) in [6.45, 7) is 4.85. The smallest absolute Gasteiger partial charge is 0.268 e. The fourth-order valence-electron chi connectivity index (χ4n) is 3.77. The largest absolute Gasteiger partial charge is 0.454 e. The second-order valence-corrected chi connectivity index (χ2v) is 9.43. The van der Waals surface area contributed by atoms with Crippen molar-refractivity contribution >= 4 is 34.7 Å². The van der Waals surface area contributed by atoms with Crippen molar-refractivity contribution in [2.45, 2.75) is 38.3 Å². The zero-order valence-electron chi connectivity index (χ0n) is 19.8. The number of aromatic nitrogens is 6. The van der Waals surface area contributed by atoms with Gasteiger partial charge < -0.3 is 25.1 Å². The third-order valence-corrected chi connectivity index (χ3v) is 6.50. The van der Waals surface area contributed by atoms with Crippen LogP contribution in [0.2, 0.25) is 0 Å². The van der Waals surface area contributed by atoms with E-state index in [9.17, 15) is 4.79 Å². The number of H-pyrrole nitrogens is 1. The molecule has 0 saturated heterocycles. The van der Waals surface area contributed by atoms with Crippen LogP contribution in [0, 0.1) is 5.92 Å². The SMILES string of the molecule is CC(C)C(=O)NCCCn1c(SC2=COC(c3ccccc3-c3ccn[nH]3)O2)nc2c(N)ncnc21. The minimum atomic E-state index is -0.610. The van der Waals surface area contributed by atoms with Crippen LogP contribution in [-0.4, -0.2) is 42.2 Å². The van der Waals surface area contributed by atoms with E-state index in [1.165, 1.54) is 18.1 Å². The number of carbonyl (C=O) groups excluding carboxylic acids is 1. The molecule has 1 aliphatic rings. The molecule has 1 amide bonds. The zero-order chi connectivity index (χ0) is 25.1. The number of aromatic amines is 1. The number of hydrogen-bond acceptors (Lipinski definition) is 9. The number of imidazole rings is 1. The van der Waals surface area contributed by atoms with Crippen LogP contribution < -0.4 is 11.1 Å². The number of rotatable bonds is 9. The first kappa shape index (κ1) is 23.7. The van der Waals surface area contributed by atoms with E-state index in [2.05, 4.69) is 30.5 Å². The number of fused-ring (bicyclic) bond motifs is 1. The monoisotopic (exact) mass is 506 g/mol. The highest BCUT2D eigenvalue weighted by Gasteiger charge is 2.27.